The first-order chi connectivity index (χ1) is 6.00. The molecule has 0 radical (unpaired) electrons. The highest BCUT2D eigenvalue weighted by Gasteiger charge is 2.56. The summed E-state index contributed by atoms with van der Waals surface area (Å²) in [5.74, 6) is 0.106. The molecule has 0 amide bonds. The van der Waals surface area contributed by atoms with E-state index in [4.69, 9.17) is 16.2 Å². The van der Waals surface area contributed by atoms with Gasteiger partial charge < -0.3 is 16.2 Å². The van der Waals surface area contributed by atoms with Crippen molar-refractivity contribution in [3.8, 4) is 0 Å². The maximum absolute atomic E-state index is 11.6. The fourth-order valence-corrected chi connectivity index (χ4v) is 2.50. The molecule has 4 heteroatoms. The zero-order chi connectivity index (χ0) is 9.69. The lowest BCUT2D eigenvalue weighted by Crippen LogP contribution is -2.71. The molecular formula is C9H16N2O2. The van der Waals surface area contributed by atoms with Gasteiger partial charge in [0.05, 0.1) is 11.6 Å². The van der Waals surface area contributed by atoms with Gasteiger partial charge in [-0.05, 0) is 12.8 Å². The number of ketones is 1. The SMILES string of the molecule is CO[C@@H]1C[C@]2(N)CC[C@@]1(N)CC2=O. The van der Waals surface area contributed by atoms with E-state index in [0.29, 0.717) is 19.3 Å². The van der Waals surface area contributed by atoms with Crippen molar-refractivity contribution in [1.82, 2.24) is 0 Å². The van der Waals surface area contributed by atoms with Crippen LogP contribution in [0.3, 0.4) is 0 Å². The lowest BCUT2D eigenvalue weighted by molar-refractivity contribution is -0.141. The molecule has 0 spiro atoms. The Labute approximate surface area is 77.6 Å². The average Bonchev–Trinajstić information content (AvgIpc) is 2.08. The van der Waals surface area contributed by atoms with E-state index in [1.807, 2.05) is 0 Å². The van der Waals surface area contributed by atoms with Crippen LogP contribution in [0.2, 0.25) is 0 Å². The van der Waals surface area contributed by atoms with Gasteiger partial charge in [-0.25, -0.2) is 0 Å². The highest BCUT2D eigenvalue weighted by atomic mass is 16.5. The number of carbonyl (C=O) groups is 1. The molecule has 0 aliphatic heterocycles. The number of ether oxygens (including phenoxy) is 1. The van der Waals surface area contributed by atoms with Crippen LogP contribution < -0.4 is 11.5 Å². The molecular weight excluding hydrogens is 168 g/mol. The van der Waals surface area contributed by atoms with Gasteiger partial charge in [0.15, 0.2) is 5.78 Å². The largest absolute Gasteiger partial charge is 0.379 e. The molecule has 3 rings (SSSR count). The topological polar surface area (TPSA) is 78.3 Å². The third-order valence-electron chi connectivity index (χ3n) is 3.56. The van der Waals surface area contributed by atoms with Gasteiger partial charge in [-0.15, -0.1) is 0 Å². The molecule has 3 aliphatic rings. The minimum Gasteiger partial charge on any atom is -0.379 e. The summed E-state index contributed by atoms with van der Waals surface area (Å²) in [5.41, 5.74) is 11.0. The smallest absolute Gasteiger partial charge is 0.154 e. The second-order valence-electron chi connectivity index (χ2n) is 4.42. The third kappa shape index (κ3) is 1.13. The van der Waals surface area contributed by atoms with Crippen LogP contribution in [-0.4, -0.2) is 30.1 Å². The van der Waals surface area contributed by atoms with Crippen molar-refractivity contribution in [1.29, 1.82) is 0 Å². The van der Waals surface area contributed by atoms with Crippen molar-refractivity contribution < 1.29 is 9.53 Å². The molecule has 0 unspecified atom stereocenters. The number of hydrogen-bond donors (Lipinski definition) is 2. The van der Waals surface area contributed by atoms with Crippen LogP contribution in [-0.2, 0) is 9.53 Å². The minimum absolute atomic E-state index is 0.0519. The van der Waals surface area contributed by atoms with E-state index >= 15 is 0 Å². The fourth-order valence-electron chi connectivity index (χ4n) is 2.50. The van der Waals surface area contributed by atoms with E-state index in [0.717, 1.165) is 6.42 Å². The van der Waals surface area contributed by atoms with Gasteiger partial charge in [0, 0.05) is 25.5 Å². The standard InChI is InChI=1S/C9H16N2O2/c1-13-7-5-8(10)2-3-9(7,11)4-6(8)12/h7H,2-5,10-11H2,1H3/t7-,8-,9-/m1/s1. The van der Waals surface area contributed by atoms with Crippen LogP contribution in [0, 0.1) is 0 Å². The summed E-state index contributed by atoms with van der Waals surface area (Å²) >= 11 is 0. The Morgan fingerprint density at radius 2 is 2.15 bits per heavy atom. The maximum atomic E-state index is 11.6. The van der Waals surface area contributed by atoms with Gasteiger partial charge >= 0.3 is 0 Å². The van der Waals surface area contributed by atoms with E-state index in [1.54, 1.807) is 7.11 Å². The van der Waals surface area contributed by atoms with Gasteiger partial charge in [-0.3, -0.25) is 4.79 Å². The van der Waals surface area contributed by atoms with Crippen molar-refractivity contribution in [3.05, 3.63) is 0 Å². The summed E-state index contributed by atoms with van der Waals surface area (Å²) in [6.07, 6.45) is 2.42. The first-order valence-corrected chi connectivity index (χ1v) is 4.64. The molecule has 3 atom stereocenters. The molecule has 0 heterocycles. The van der Waals surface area contributed by atoms with Crippen LogP contribution in [0.5, 0.6) is 0 Å². The van der Waals surface area contributed by atoms with Crippen LogP contribution in [0.1, 0.15) is 25.7 Å². The van der Waals surface area contributed by atoms with Gasteiger partial charge in [0.2, 0.25) is 0 Å². The Morgan fingerprint density at radius 1 is 1.46 bits per heavy atom. The molecule has 0 aromatic rings. The number of rotatable bonds is 1. The molecule has 4 N–H and O–H groups in total. The zero-order valence-corrected chi connectivity index (χ0v) is 7.88. The molecule has 3 saturated carbocycles. The van der Waals surface area contributed by atoms with Gasteiger partial charge in [-0.1, -0.05) is 0 Å². The summed E-state index contributed by atoms with van der Waals surface area (Å²) in [6.45, 7) is 0. The molecule has 2 bridgehead atoms. The Hall–Kier alpha value is -0.450. The number of fused-ring (bicyclic) bond motifs is 3. The summed E-state index contributed by atoms with van der Waals surface area (Å²) in [5, 5.41) is 0. The molecule has 0 aromatic carbocycles. The summed E-state index contributed by atoms with van der Waals surface area (Å²) < 4.78 is 5.28. The highest BCUT2D eigenvalue weighted by molar-refractivity contribution is 5.91. The average molecular weight is 184 g/mol. The fraction of sp³-hybridized carbons (Fsp3) is 0.889. The van der Waals surface area contributed by atoms with Gasteiger partial charge in [-0.2, -0.15) is 0 Å². The van der Waals surface area contributed by atoms with Crippen molar-refractivity contribution in [2.45, 2.75) is 42.9 Å². The van der Waals surface area contributed by atoms with E-state index < -0.39 is 11.1 Å². The van der Waals surface area contributed by atoms with Crippen molar-refractivity contribution in [2.24, 2.45) is 11.5 Å². The van der Waals surface area contributed by atoms with Crippen molar-refractivity contribution >= 4 is 5.78 Å². The van der Waals surface area contributed by atoms with Crippen LogP contribution in [0.25, 0.3) is 0 Å². The predicted octanol–water partition coefficient (Wildman–Crippen LogP) is -0.447. The van der Waals surface area contributed by atoms with Crippen LogP contribution >= 0.6 is 0 Å². The number of nitrogens with two attached hydrogens (primary N) is 2. The molecule has 3 aliphatic carbocycles. The lowest BCUT2D eigenvalue weighted by atomic mass is 9.60. The van der Waals surface area contributed by atoms with E-state index in [1.165, 1.54) is 0 Å². The van der Waals surface area contributed by atoms with Crippen LogP contribution in [0.15, 0.2) is 0 Å². The molecule has 4 nitrogen and oxygen atoms in total. The lowest BCUT2D eigenvalue weighted by Gasteiger charge is -2.52. The summed E-state index contributed by atoms with van der Waals surface area (Å²) in [4.78, 5) is 11.6. The number of hydrogen-bond acceptors (Lipinski definition) is 4. The van der Waals surface area contributed by atoms with E-state index in [2.05, 4.69) is 0 Å². The van der Waals surface area contributed by atoms with E-state index in [-0.39, 0.29) is 11.9 Å². The molecule has 3 fully saturated rings. The Morgan fingerprint density at radius 3 is 2.69 bits per heavy atom. The highest BCUT2D eigenvalue weighted by Crippen LogP contribution is 2.43. The van der Waals surface area contributed by atoms with Gasteiger partial charge in [0.1, 0.15) is 0 Å². The van der Waals surface area contributed by atoms with Crippen LogP contribution in [0.4, 0.5) is 0 Å². The Kier molecular flexibility index (Phi) is 1.77. The first kappa shape index (κ1) is 9.12. The molecule has 0 saturated heterocycles. The molecule has 74 valence electrons. The number of Topliss-reactive ketones (excluding diaryl/α,β-unsaturated/α-hetero) is 1. The number of carbonyl (C=O) groups excluding carboxylic acids is 1. The molecule has 0 aromatic heterocycles. The second kappa shape index (κ2) is 2.53. The first-order valence-electron chi connectivity index (χ1n) is 4.64. The number of methoxy groups -OCH3 is 1. The van der Waals surface area contributed by atoms with Crippen molar-refractivity contribution in [3.63, 3.8) is 0 Å². The second-order valence-corrected chi connectivity index (χ2v) is 4.42. The Bertz CT molecular complexity index is 256. The molecule has 13 heavy (non-hydrogen) atoms. The Balaban J connectivity index is 2.30. The minimum atomic E-state index is -0.651. The van der Waals surface area contributed by atoms with Gasteiger partial charge in [0.25, 0.3) is 0 Å². The van der Waals surface area contributed by atoms with E-state index in [9.17, 15) is 4.79 Å². The maximum Gasteiger partial charge on any atom is 0.154 e. The van der Waals surface area contributed by atoms with Crippen molar-refractivity contribution in [2.75, 3.05) is 7.11 Å². The monoisotopic (exact) mass is 184 g/mol. The summed E-state index contributed by atoms with van der Waals surface area (Å²) in [7, 11) is 1.63. The predicted molar refractivity (Wildman–Crippen MR) is 48.1 cm³/mol. The summed E-state index contributed by atoms with van der Waals surface area (Å²) in [6, 6.07) is 0. The zero-order valence-electron chi connectivity index (χ0n) is 7.88. The normalized spacial score (nSPS) is 49.8. The third-order valence-corrected chi connectivity index (χ3v) is 3.56. The quantitative estimate of drug-likeness (QED) is 0.578.